The molecule has 2 fully saturated rings. The number of anilines is 2. The molecule has 6 rings (SSSR count). The summed E-state index contributed by atoms with van der Waals surface area (Å²) in [4.78, 5) is 10.6. The number of fused-ring (bicyclic) bond motifs is 1. The highest BCUT2D eigenvalue weighted by atomic mass is 19.2. The number of nitrogens with zero attached hydrogens (tertiary/aromatic N) is 7. The normalized spacial score (nSPS) is 21.6. The van der Waals surface area contributed by atoms with Gasteiger partial charge in [-0.1, -0.05) is 11.2 Å². The monoisotopic (exact) mass is 437 g/mol. The molecule has 2 atom stereocenters. The van der Waals surface area contributed by atoms with Crippen LogP contribution in [0.25, 0.3) is 11.6 Å². The molecule has 4 aromatic rings. The standard InChI is InChI=1S/C20H17F2N9O/c21-13-2-1-10(5-14(13)22)6-24-19-23-4-3-15(26-19)18-28-29-20(32-18)31-8-11-12(9-31)17(11)16-7-25-30-27-16/h1-5,7,11-12,17H,6,8-9H2,(H,23,24,26)(H,25,27,30). The van der Waals surface area contributed by atoms with E-state index in [4.69, 9.17) is 4.42 Å². The number of benzene rings is 1. The van der Waals surface area contributed by atoms with E-state index in [9.17, 15) is 8.78 Å². The molecule has 0 radical (unpaired) electrons. The van der Waals surface area contributed by atoms with Crippen LogP contribution < -0.4 is 10.2 Å². The zero-order valence-electron chi connectivity index (χ0n) is 16.6. The molecule has 4 heterocycles. The van der Waals surface area contributed by atoms with Gasteiger partial charge in [0.25, 0.3) is 5.89 Å². The van der Waals surface area contributed by atoms with Gasteiger partial charge in [0.1, 0.15) is 5.69 Å². The summed E-state index contributed by atoms with van der Waals surface area (Å²) in [5, 5.41) is 22.0. The molecule has 0 amide bonds. The first-order valence-electron chi connectivity index (χ1n) is 10.1. The molecule has 10 nitrogen and oxygen atoms in total. The molecule has 3 aromatic heterocycles. The van der Waals surface area contributed by atoms with Gasteiger partial charge >= 0.3 is 6.01 Å². The summed E-state index contributed by atoms with van der Waals surface area (Å²) in [6.07, 6.45) is 3.35. The number of nitrogens with one attached hydrogen (secondary N) is 2. The van der Waals surface area contributed by atoms with E-state index in [1.54, 1.807) is 18.5 Å². The number of aromatic amines is 1. The molecule has 2 N–H and O–H groups in total. The van der Waals surface area contributed by atoms with Gasteiger partial charge < -0.3 is 14.6 Å². The van der Waals surface area contributed by atoms with Gasteiger partial charge in [-0.15, -0.1) is 5.10 Å². The Hall–Kier alpha value is -3.96. The van der Waals surface area contributed by atoms with Crippen LogP contribution in [0.2, 0.25) is 0 Å². The molecule has 1 saturated carbocycles. The Kier molecular flexibility index (Phi) is 4.30. The first-order valence-corrected chi connectivity index (χ1v) is 10.1. The molecule has 0 spiro atoms. The molecular formula is C20H17F2N9O. The zero-order chi connectivity index (χ0) is 21.7. The second-order valence-electron chi connectivity index (χ2n) is 7.91. The third-order valence-corrected chi connectivity index (χ3v) is 5.96. The molecule has 32 heavy (non-hydrogen) atoms. The van der Waals surface area contributed by atoms with Crippen molar-refractivity contribution in [2.75, 3.05) is 23.3 Å². The van der Waals surface area contributed by atoms with Gasteiger partial charge in [-0.3, -0.25) is 0 Å². The number of piperidine rings is 1. The molecule has 1 saturated heterocycles. The number of hydrogen-bond donors (Lipinski definition) is 2. The van der Waals surface area contributed by atoms with Crippen molar-refractivity contribution in [3.05, 3.63) is 59.6 Å². The van der Waals surface area contributed by atoms with E-state index in [0.717, 1.165) is 30.9 Å². The van der Waals surface area contributed by atoms with E-state index in [0.29, 0.717) is 41.0 Å². The molecule has 162 valence electrons. The van der Waals surface area contributed by atoms with E-state index < -0.39 is 11.6 Å². The third kappa shape index (κ3) is 3.33. The SMILES string of the molecule is Fc1ccc(CNc2nccc(-c3nnc(N4CC5C(C4)C5c4cn[nH]n4)o3)n2)cc1F. The van der Waals surface area contributed by atoms with Crippen LogP contribution in [0.1, 0.15) is 17.2 Å². The van der Waals surface area contributed by atoms with E-state index in [1.807, 2.05) is 0 Å². The van der Waals surface area contributed by atoms with Gasteiger partial charge in [-0.05, 0) is 35.6 Å². The summed E-state index contributed by atoms with van der Waals surface area (Å²) in [6.45, 7) is 1.89. The highest BCUT2D eigenvalue weighted by molar-refractivity contribution is 5.50. The van der Waals surface area contributed by atoms with Crippen molar-refractivity contribution in [3.63, 3.8) is 0 Å². The summed E-state index contributed by atoms with van der Waals surface area (Å²) in [5.74, 6) is 0.282. The van der Waals surface area contributed by atoms with Crippen LogP contribution in [0.15, 0.2) is 41.1 Å². The lowest BCUT2D eigenvalue weighted by Gasteiger charge is -2.15. The number of hydrogen-bond acceptors (Lipinski definition) is 9. The number of aromatic nitrogens is 7. The van der Waals surface area contributed by atoms with Crippen molar-refractivity contribution in [1.29, 1.82) is 0 Å². The fourth-order valence-electron chi connectivity index (χ4n) is 4.33. The number of rotatable bonds is 6. The maximum atomic E-state index is 13.4. The van der Waals surface area contributed by atoms with E-state index in [2.05, 4.69) is 45.8 Å². The zero-order valence-corrected chi connectivity index (χ0v) is 16.6. The second kappa shape index (κ2) is 7.32. The Labute approximate surface area is 180 Å². The van der Waals surface area contributed by atoms with Crippen LogP contribution in [-0.4, -0.2) is 48.7 Å². The predicted octanol–water partition coefficient (Wildman–Crippen LogP) is 2.38. The van der Waals surface area contributed by atoms with Crippen LogP contribution in [0.3, 0.4) is 0 Å². The lowest BCUT2D eigenvalue weighted by atomic mass is 10.2. The van der Waals surface area contributed by atoms with Crippen molar-refractivity contribution in [3.8, 4) is 11.6 Å². The van der Waals surface area contributed by atoms with Gasteiger partial charge in [-0.2, -0.15) is 15.4 Å². The van der Waals surface area contributed by atoms with Crippen LogP contribution in [0, 0.1) is 23.5 Å². The Bertz CT molecular complexity index is 1250. The number of halogens is 2. The predicted molar refractivity (Wildman–Crippen MR) is 107 cm³/mol. The lowest BCUT2D eigenvalue weighted by Crippen LogP contribution is -2.23. The average Bonchev–Trinajstić information content (AvgIpc) is 3.35. The molecule has 12 heteroatoms. The summed E-state index contributed by atoms with van der Waals surface area (Å²) in [7, 11) is 0. The molecule has 2 unspecified atom stereocenters. The average molecular weight is 437 g/mol. The minimum absolute atomic E-state index is 0.235. The van der Waals surface area contributed by atoms with Gasteiger partial charge in [0, 0.05) is 31.7 Å². The Morgan fingerprint density at radius 3 is 2.78 bits per heavy atom. The summed E-state index contributed by atoms with van der Waals surface area (Å²) < 4.78 is 32.3. The van der Waals surface area contributed by atoms with Crippen LogP contribution in [0.4, 0.5) is 20.7 Å². The van der Waals surface area contributed by atoms with Crippen LogP contribution in [-0.2, 0) is 6.54 Å². The van der Waals surface area contributed by atoms with Crippen molar-refractivity contribution in [1.82, 2.24) is 35.6 Å². The minimum atomic E-state index is -0.899. The molecule has 0 bridgehead atoms. The van der Waals surface area contributed by atoms with Crippen LogP contribution >= 0.6 is 0 Å². The first-order chi connectivity index (χ1) is 15.7. The topological polar surface area (TPSA) is 122 Å². The highest BCUT2D eigenvalue weighted by Gasteiger charge is 2.58. The van der Waals surface area contributed by atoms with Crippen molar-refractivity contribution in [2.24, 2.45) is 11.8 Å². The first kappa shape index (κ1) is 18.8. The van der Waals surface area contributed by atoms with Gasteiger partial charge in [0.05, 0.1) is 11.9 Å². The van der Waals surface area contributed by atoms with Gasteiger partial charge in [0.2, 0.25) is 5.95 Å². The molecule has 2 aliphatic rings. The summed E-state index contributed by atoms with van der Waals surface area (Å²) >= 11 is 0. The quantitative estimate of drug-likeness (QED) is 0.468. The fraction of sp³-hybridized carbons (Fsp3) is 0.300. The summed E-state index contributed by atoms with van der Waals surface area (Å²) in [5.41, 5.74) is 2.04. The van der Waals surface area contributed by atoms with E-state index >= 15 is 0 Å². The smallest absolute Gasteiger partial charge is 0.318 e. The van der Waals surface area contributed by atoms with Gasteiger partial charge in [0.15, 0.2) is 11.6 Å². The Balaban J connectivity index is 1.11. The Morgan fingerprint density at radius 2 is 2.00 bits per heavy atom. The third-order valence-electron chi connectivity index (χ3n) is 5.96. The van der Waals surface area contributed by atoms with E-state index in [1.165, 1.54) is 6.07 Å². The maximum Gasteiger partial charge on any atom is 0.318 e. The fourth-order valence-corrected chi connectivity index (χ4v) is 4.33. The largest absolute Gasteiger partial charge is 0.402 e. The molecule has 1 aromatic carbocycles. The van der Waals surface area contributed by atoms with E-state index in [-0.39, 0.29) is 12.4 Å². The highest BCUT2D eigenvalue weighted by Crippen LogP contribution is 2.58. The van der Waals surface area contributed by atoms with Crippen LogP contribution in [0.5, 0.6) is 0 Å². The molecule has 1 aliphatic heterocycles. The number of H-pyrrole nitrogens is 1. The molecular weight excluding hydrogens is 420 g/mol. The lowest BCUT2D eigenvalue weighted by molar-refractivity contribution is 0.507. The van der Waals surface area contributed by atoms with Crippen molar-refractivity contribution >= 4 is 12.0 Å². The maximum absolute atomic E-state index is 13.4. The van der Waals surface area contributed by atoms with Crippen molar-refractivity contribution < 1.29 is 13.2 Å². The van der Waals surface area contributed by atoms with Gasteiger partial charge in [-0.25, -0.2) is 18.7 Å². The van der Waals surface area contributed by atoms with Crippen molar-refractivity contribution in [2.45, 2.75) is 12.5 Å². The minimum Gasteiger partial charge on any atom is -0.402 e. The Morgan fingerprint density at radius 1 is 1.12 bits per heavy atom. The second-order valence-corrected chi connectivity index (χ2v) is 7.91. The molecule has 1 aliphatic carbocycles. The summed E-state index contributed by atoms with van der Waals surface area (Å²) in [6, 6.07) is 5.83.